The maximum Gasteiger partial charge on any atom is 0.501 e. The van der Waals surface area contributed by atoms with Gasteiger partial charge in [-0.3, -0.25) is 9.59 Å². The van der Waals surface area contributed by atoms with Gasteiger partial charge in [-0.05, 0) is 17.7 Å². The van der Waals surface area contributed by atoms with E-state index in [0.717, 1.165) is 24.3 Å². The van der Waals surface area contributed by atoms with Crippen LogP contribution in [-0.2, 0) is 45.4 Å². The summed E-state index contributed by atoms with van der Waals surface area (Å²) >= 11 is 2.37. The summed E-state index contributed by atoms with van der Waals surface area (Å²) < 4.78 is 60.8. The lowest BCUT2D eigenvalue weighted by molar-refractivity contribution is -0.124. The van der Waals surface area contributed by atoms with Crippen LogP contribution >= 0.6 is 22.7 Å². The molecule has 3 rings (SSSR count). The fourth-order valence-electron chi connectivity index (χ4n) is 2.90. The summed E-state index contributed by atoms with van der Waals surface area (Å²) in [7, 11) is -5.46. The minimum atomic E-state index is -5.46. The SMILES string of the molecule is O=C(Cc1ccc(S(=O)(=O)C(F)(F)F)cc1)Cc1nc(-c2sc(CO)nc2CNC(=O)CO)cs1. The Labute approximate surface area is 205 Å². The molecule has 1 amide bonds. The first-order valence-electron chi connectivity index (χ1n) is 9.78. The van der Waals surface area contributed by atoms with E-state index < -0.39 is 32.8 Å². The van der Waals surface area contributed by atoms with E-state index in [1.54, 1.807) is 5.38 Å². The lowest BCUT2D eigenvalue weighted by Gasteiger charge is -2.08. The van der Waals surface area contributed by atoms with Crippen molar-refractivity contribution in [2.75, 3.05) is 6.61 Å². The molecule has 0 saturated carbocycles. The van der Waals surface area contributed by atoms with Gasteiger partial charge < -0.3 is 15.5 Å². The van der Waals surface area contributed by atoms with Crippen LogP contribution in [0.1, 0.15) is 21.3 Å². The van der Waals surface area contributed by atoms with Crippen LogP contribution in [0.15, 0.2) is 34.5 Å². The summed E-state index contributed by atoms with van der Waals surface area (Å²) in [5.41, 5.74) is -4.12. The quantitative estimate of drug-likeness (QED) is 0.348. The Morgan fingerprint density at radius 1 is 1.03 bits per heavy atom. The monoisotopic (exact) mass is 549 g/mol. The molecule has 0 bridgehead atoms. The number of aliphatic hydroxyl groups is 2. The minimum Gasteiger partial charge on any atom is -0.389 e. The van der Waals surface area contributed by atoms with Gasteiger partial charge in [0.25, 0.3) is 9.84 Å². The second-order valence-electron chi connectivity index (χ2n) is 7.09. The van der Waals surface area contributed by atoms with E-state index >= 15 is 0 Å². The van der Waals surface area contributed by atoms with Gasteiger partial charge in [0.05, 0.1) is 40.7 Å². The standard InChI is InChI=1S/C20H18F3N3O6S3/c21-20(22,23)35(31,32)13-3-1-11(2-4-13)5-12(29)6-17-26-15(10-33-17)19-14(7-24-16(30)8-27)25-18(9-28)34-19/h1-4,10,27-28H,5-9H2,(H,24,30). The Morgan fingerprint density at radius 2 is 1.71 bits per heavy atom. The third kappa shape index (κ3) is 6.49. The number of hydrogen-bond donors (Lipinski definition) is 3. The summed E-state index contributed by atoms with van der Waals surface area (Å²) in [6.45, 7) is -0.989. The number of nitrogens with zero attached hydrogens (tertiary/aromatic N) is 2. The van der Waals surface area contributed by atoms with Crippen LogP contribution in [0.25, 0.3) is 10.6 Å². The number of carbonyl (C=O) groups is 2. The summed E-state index contributed by atoms with van der Waals surface area (Å²) in [4.78, 5) is 32.1. The fraction of sp³-hybridized carbons (Fsp3) is 0.300. The largest absolute Gasteiger partial charge is 0.501 e. The van der Waals surface area contributed by atoms with E-state index in [0.29, 0.717) is 31.8 Å². The number of amides is 1. The number of Topliss-reactive ketones (excluding diaryl/α,β-unsaturated/α-hetero) is 1. The van der Waals surface area contributed by atoms with Crippen molar-refractivity contribution >= 4 is 44.2 Å². The van der Waals surface area contributed by atoms with Crippen LogP contribution in [0.3, 0.4) is 0 Å². The average Bonchev–Trinajstić information content (AvgIpc) is 3.43. The maximum absolute atomic E-state index is 12.6. The molecule has 2 heterocycles. The minimum absolute atomic E-state index is 0.0110. The fourth-order valence-corrected chi connectivity index (χ4v) is 5.45. The van der Waals surface area contributed by atoms with Crippen LogP contribution in [0, 0.1) is 0 Å². The van der Waals surface area contributed by atoms with E-state index in [9.17, 15) is 36.3 Å². The van der Waals surface area contributed by atoms with Gasteiger partial charge in [0.2, 0.25) is 5.91 Å². The van der Waals surface area contributed by atoms with E-state index in [-0.39, 0.29) is 31.8 Å². The molecule has 0 aliphatic heterocycles. The highest BCUT2D eigenvalue weighted by molar-refractivity contribution is 7.92. The Bertz CT molecular complexity index is 1320. The molecule has 3 N–H and O–H groups in total. The van der Waals surface area contributed by atoms with Crippen LogP contribution in [0.4, 0.5) is 13.2 Å². The first-order chi connectivity index (χ1) is 16.4. The van der Waals surface area contributed by atoms with Crippen molar-refractivity contribution in [3.05, 3.63) is 50.9 Å². The van der Waals surface area contributed by atoms with Gasteiger partial charge in [0.1, 0.15) is 22.4 Å². The number of carbonyl (C=O) groups excluding carboxylic acids is 2. The van der Waals surface area contributed by atoms with Crippen LogP contribution in [-0.4, -0.2) is 52.4 Å². The van der Waals surface area contributed by atoms with E-state index in [4.69, 9.17) is 5.11 Å². The van der Waals surface area contributed by atoms with Gasteiger partial charge in [-0.25, -0.2) is 18.4 Å². The van der Waals surface area contributed by atoms with Gasteiger partial charge >= 0.3 is 5.51 Å². The highest BCUT2D eigenvalue weighted by Crippen LogP contribution is 2.32. The number of halogens is 3. The number of aliphatic hydroxyl groups excluding tert-OH is 2. The molecule has 0 aliphatic rings. The smallest absolute Gasteiger partial charge is 0.389 e. The van der Waals surface area contributed by atoms with Crippen molar-refractivity contribution in [3.8, 4) is 10.6 Å². The van der Waals surface area contributed by atoms with Crippen molar-refractivity contribution in [1.29, 1.82) is 0 Å². The number of sulfone groups is 1. The first-order valence-corrected chi connectivity index (χ1v) is 13.0. The first kappa shape index (κ1) is 26.9. The summed E-state index contributed by atoms with van der Waals surface area (Å²) in [5, 5.41) is 23.2. The topological polar surface area (TPSA) is 147 Å². The Balaban J connectivity index is 1.68. The second kappa shape index (κ2) is 10.9. The summed E-state index contributed by atoms with van der Waals surface area (Å²) in [6, 6.07) is 3.94. The number of alkyl halides is 3. The lowest BCUT2D eigenvalue weighted by Crippen LogP contribution is -2.25. The average molecular weight is 550 g/mol. The van der Waals surface area contributed by atoms with Gasteiger partial charge in [-0.15, -0.1) is 22.7 Å². The maximum atomic E-state index is 12.6. The molecule has 0 unspecified atom stereocenters. The highest BCUT2D eigenvalue weighted by atomic mass is 32.2. The normalized spacial score (nSPS) is 12.0. The molecular formula is C20H18F3N3O6S3. The van der Waals surface area contributed by atoms with E-state index in [1.807, 2.05) is 0 Å². The second-order valence-corrected chi connectivity index (χ2v) is 11.1. The summed E-state index contributed by atoms with van der Waals surface area (Å²) in [6.07, 6.45) is -0.190. The Hall–Kier alpha value is -2.72. The number of aromatic nitrogens is 2. The number of benzene rings is 1. The number of nitrogens with one attached hydrogen (secondary N) is 1. The van der Waals surface area contributed by atoms with Gasteiger partial charge in [-0.1, -0.05) is 12.1 Å². The predicted molar refractivity (Wildman–Crippen MR) is 120 cm³/mol. The van der Waals surface area contributed by atoms with Crippen molar-refractivity contribution in [3.63, 3.8) is 0 Å². The number of ketones is 1. The third-order valence-electron chi connectivity index (χ3n) is 4.55. The predicted octanol–water partition coefficient (Wildman–Crippen LogP) is 2.02. The van der Waals surface area contributed by atoms with Gasteiger partial charge in [0, 0.05) is 11.8 Å². The molecule has 35 heavy (non-hydrogen) atoms. The number of rotatable bonds is 10. The highest BCUT2D eigenvalue weighted by Gasteiger charge is 2.46. The molecule has 15 heteroatoms. The van der Waals surface area contributed by atoms with E-state index in [1.165, 1.54) is 22.7 Å². The van der Waals surface area contributed by atoms with Crippen molar-refractivity contribution in [1.82, 2.24) is 15.3 Å². The zero-order valence-electron chi connectivity index (χ0n) is 17.7. The van der Waals surface area contributed by atoms with E-state index in [2.05, 4.69) is 15.3 Å². The van der Waals surface area contributed by atoms with Crippen molar-refractivity contribution in [2.24, 2.45) is 0 Å². The third-order valence-corrected chi connectivity index (χ3v) is 8.00. The van der Waals surface area contributed by atoms with Crippen LogP contribution in [0.2, 0.25) is 0 Å². The molecule has 3 aromatic rings. The Kier molecular flexibility index (Phi) is 8.38. The molecule has 1 aromatic carbocycles. The molecule has 0 spiro atoms. The van der Waals surface area contributed by atoms with Crippen molar-refractivity contribution < 1.29 is 41.4 Å². The molecular weight excluding hydrogens is 531 g/mol. The molecule has 0 aliphatic carbocycles. The molecule has 9 nitrogen and oxygen atoms in total. The van der Waals surface area contributed by atoms with Gasteiger partial charge in [-0.2, -0.15) is 13.2 Å². The molecule has 0 radical (unpaired) electrons. The lowest BCUT2D eigenvalue weighted by atomic mass is 10.1. The molecule has 0 saturated heterocycles. The molecule has 2 aromatic heterocycles. The summed E-state index contributed by atoms with van der Waals surface area (Å²) in [5.74, 6) is -0.879. The van der Waals surface area contributed by atoms with Gasteiger partial charge in [0.15, 0.2) is 0 Å². The molecule has 0 fully saturated rings. The Morgan fingerprint density at radius 3 is 2.31 bits per heavy atom. The zero-order valence-corrected chi connectivity index (χ0v) is 20.2. The van der Waals surface area contributed by atoms with Crippen LogP contribution in [0.5, 0.6) is 0 Å². The van der Waals surface area contributed by atoms with Crippen molar-refractivity contribution in [2.45, 2.75) is 36.4 Å². The van der Waals surface area contributed by atoms with Crippen LogP contribution < -0.4 is 5.32 Å². The zero-order chi connectivity index (χ0) is 25.8. The molecule has 0 atom stereocenters. The number of hydrogen-bond acceptors (Lipinski definition) is 10. The number of thiazole rings is 2. The molecule has 188 valence electrons.